The molecule has 4 heteroatoms. The minimum absolute atomic E-state index is 0.0388. The lowest BCUT2D eigenvalue weighted by molar-refractivity contribution is -0.113. The number of hydrogen-bond donors (Lipinski definition) is 1. The fraction of sp³-hybridized carbons (Fsp3) is 0.562. The van der Waals surface area contributed by atoms with Crippen molar-refractivity contribution in [3.05, 3.63) is 24.3 Å². The molecule has 0 aliphatic heterocycles. The Labute approximate surface area is 126 Å². The fourth-order valence-electron chi connectivity index (χ4n) is 1.93. The van der Waals surface area contributed by atoms with Crippen molar-refractivity contribution in [2.75, 3.05) is 17.8 Å². The van der Waals surface area contributed by atoms with Gasteiger partial charge in [0.2, 0.25) is 5.91 Å². The molecule has 0 radical (unpaired) electrons. The smallest absolute Gasteiger partial charge is 0.239 e. The summed E-state index contributed by atoms with van der Waals surface area (Å²) in [6, 6.07) is 7.40. The molecule has 0 aliphatic rings. The Bertz CT molecular complexity index is 396. The molecule has 1 rings (SSSR count). The molecule has 1 aromatic carbocycles. The van der Waals surface area contributed by atoms with Crippen molar-refractivity contribution in [3.8, 4) is 5.75 Å². The summed E-state index contributed by atoms with van der Waals surface area (Å²) in [6.45, 7) is 2.94. The minimum Gasteiger partial charge on any atom is -0.494 e. The molecular weight excluding hydrogens is 274 g/mol. The second-order valence-corrected chi connectivity index (χ2v) is 5.09. The summed E-state index contributed by atoms with van der Waals surface area (Å²) in [5, 5.41) is 2.71. The average Bonchev–Trinajstić information content (AvgIpc) is 2.46. The quantitative estimate of drug-likeness (QED) is 0.506. The van der Waals surface area contributed by atoms with Crippen LogP contribution in [-0.2, 0) is 4.79 Å². The van der Waals surface area contributed by atoms with Gasteiger partial charge in [-0.2, -0.15) is 0 Å². The SMILES string of the molecule is CCCCCCCCOc1cccc(NC(=O)CCl)c1. The second-order valence-electron chi connectivity index (χ2n) is 4.83. The normalized spacial score (nSPS) is 10.3. The molecule has 1 N–H and O–H groups in total. The molecule has 20 heavy (non-hydrogen) atoms. The van der Waals surface area contributed by atoms with Gasteiger partial charge < -0.3 is 10.1 Å². The first-order chi connectivity index (χ1) is 9.76. The molecule has 3 nitrogen and oxygen atoms in total. The van der Waals surface area contributed by atoms with Gasteiger partial charge in [-0.3, -0.25) is 4.79 Å². The standard InChI is InChI=1S/C16H24ClNO2/c1-2-3-4-5-6-7-11-20-15-10-8-9-14(12-15)18-16(19)13-17/h8-10,12H,2-7,11,13H2,1H3,(H,18,19). The summed E-state index contributed by atoms with van der Waals surface area (Å²) in [5.74, 6) is 0.536. The molecule has 0 aliphatic carbocycles. The molecule has 1 amide bonds. The number of alkyl halides is 1. The van der Waals surface area contributed by atoms with Crippen LogP contribution in [0, 0.1) is 0 Å². The first-order valence-electron chi connectivity index (χ1n) is 7.35. The zero-order valence-corrected chi connectivity index (χ0v) is 12.9. The molecule has 0 atom stereocenters. The number of benzene rings is 1. The number of carbonyl (C=O) groups is 1. The molecule has 0 bridgehead atoms. The van der Waals surface area contributed by atoms with E-state index in [-0.39, 0.29) is 11.8 Å². The highest BCUT2D eigenvalue weighted by Crippen LogP contribution is 2.18. The predicted octanol–water partition coefficient (Wildman–Crippen LogP) is 4.60. The minimum atomic E-state index is -0.209. The Kier molecular flexibility index (Phi) is 8.88. The first-order valence-corrected chi connectivity index (χ1v) is 7.88. The summed E-state index contributed by atoms with van der Waals surface area (Å²) in [4.78, 5) is 11.2. The summed E-state index contributed by atoms with van der Waals surface area (Å²) in [7, 11) is 0. The zero-order chi connectivity index (χ0) is 14.6. The lowest BCUT2D eigenvalue weighted by Gasteiger charge is -2.08. The Morgan fingerprint density at radius 2 is 1.95 bits per heavy atom. The van der Waals surface area contributed by atoms with E-state index in [0.717, 1.165) is 24.5 Å². The number of rotatable bonds is 10. The summed E-state index contributed by atoms with van der Waals surface area (Å²) in [5.41, 5.74) is 0.719. The molecule has 0 saturated carbocycles. The monoisotopic (exact) mass is 297 g/mol. The molecule has 0 unspecified atom stereocenters. The highest BCUT2D eigenvalue weighted by atomic mass is 35.5. The van der Waals surface area contributed by atoms with Gasteiger partial charge in [-0.25, -0.2) is 0 Å². The van der Waals surface area contributed by atoms with Crippen LogP contribution in [0.3, 0.4) is 0 Å². The van der Waals surface area contributed by atoms with Crippen molar-refractivity contribution >= 4 is 23.2 Å². The Morgan fingerprint density at radius 1 is 1.20 bits per heavy atom. The number of unbranched alkanes of at least 4 members (excludes halogenated alkanes) is 5. The van der Waals surface area contributed by atoms with Crippen LogP contribution in [0.4, 0.5) is 5.69 Å². The van der Waals surface area contributed by atoms with Gasteiger partial charge >= 0.3 is 0 Å². The average molecular weight is 298 g/mol. The van der Waals surface area contributed by atoms with Crippen LogP contribution in [0.25, 0.3) is 0 Å². The van der Waals surface area contributed by atoms with Crippen LogP contribution in [0.2, 0.25) is 0 Å². The molecule has 1 aromatic rings. The van der Waals surface area contributed by atoms with Gasteiger partial charge in [0, 0.05) is 11.8 Å². The van der Waals surface area contributed by atoms with Crippen molar-refractivity contribution < 1.29 is 9.53 Å². The lowest BCUT2D eigenvalue weighted by Crippen LogP contribution is -2.12. The maximum absolute atomic E-state index is 11.2. The summed E-state index contributed by atoms with van der Waals surface area (Å²) in [6.07, 6.45) is 7.48. The predicted molar refractivity (Wildman–Crippen MR) is 84.7 cm³/mol. The van der Waals surface area contributed by atoms with E-state index in [2.05, 4.69) is 12.2 Å². The summed E-state index contributed by atoms with van der Waals surface area (Å²) < 4.78 is 5.68. The number of halogens is 1. The van der Waals surface area contributed by atoms with Crippen LogP contribution in [0.15, 0.2) is 24.3 Å². The van der Waals surface area contributed by atoms with Gasteiger partial charge in [0.05, 0.1) is 6.61 Å². The number of nitrogens with one attached hydrogen (secondary N) is 1. The highest BCUT2D eigenvalue weighted by Gasteiger charge is 2.01. The molecule has 0 spiro atoms. The van der Waals surface area contributed by atoms with Crippen molar-refractivity contribution in [2.45, 2.75) is 45.4 Å². The maximum atomic E-state index is 11.2. The fourth-order valence-corrected chi connectivity index (χ4v) is 2.00. The second kappa shape index (κ2) is 10.6. The van der Waals surface area contributed by atoms with Gasteiger partial charge in [0.1, 0.15) is 11.6 Å². The van der Waals surface area contributed by atoms with Crippen molar-refractivity contribution in [1.29, 1.82) is 0 Å². The van der Waals surface area contributed by atoms with Crippen LogP contribution in [-0.4, -0.2) is 18.4 Å². The number of hydrogen-bond acceptors (Lipinski definition) is 2. The first kappa shape index (κ1) is 16.8. The van der Waals surface area contributed by atoms with Gasteiger partial charge in [-0.1, -0.05) is 45.1 Å². The van der Waals surface area contributed by atoms with E-state index in [1.54, 1.807) is 0 Å². The number of ether oxygens (including phenoxy) is 1. The molecule has 0 saturated heterocycles. The Balaban J connectivity index is 2.23. The number of anilines is 1. The molecule has 112 valence electrons. The summed E-state index contributed by atoms with van der Waals surface area (Å²) >= 11 is 5.45. The lowest BCUT2D eigenvalue weighted by atomic mass is 10.1. The molecule has 0 fully saturated rings. The van der Waals surface area contributed by atoms with Crippen LogP contribution < -0.4 is 10.1 Å². The van der Waals surface area contributed by atoms with Crippen LogP contribution in [0.1, 0.15) is 45.4 Å². The van der Waals surface area contributed by atoms with Crippen molar-refractivity contribution in [3.63, 3.8) is 0 Å². The maximum Gasteiger partial charge on any atom is 0.239 e. The van der Waals surface area contributed by atoms with E-state index >= 15 is 0 Å². The van der Waals surface area contributed by atoms with Gasteiger partial charge in [-0.05, 0) is 18.6 Å². The van der Waals surface area contributed by atoms with Crippen molar-refractivity contribution in [2.24, 2.45) is 0 Å². The van der Waals surface area contributed by atoms with E-state index in [9.17, 15) is 4.79 Å². The van der Waals surface area contributed by atoms with E-state index in [0.29, 0.717) is 0 Å². The van der Waals surface area contributed by atoms with Gasteiger partial charge in [-0.15, -0.1) is 11.6 Å². The largest absolute Gasteiger partial charge is 0.494 e. The Hall–Kier alpha value is -1.22. The van der Waals surface area contributed by atoms with E-state index in [4.69, 9.17) is 16.3 Å². The van der Waals surface area contributed by atoms with Crippen molar-refractivity contribution in [1.82, 2.24) is 0 Å². The topological polar surface area (TPSA) is 38.3 Å². The molecule has 0 aromatic heterocycles. The highest BCUT2D eigenvalue weighted by molar-refractivity contribution is 6.29. The molecule has 0 heterocycles. The number of carbonyl (C=O) groups excluding carboxylic acids is 1. The Morgan fingerprint density at radius 3 is 2.70 bits per heavy atom. The van der Waals surface area contributed by atoms with E-state index in [1.165, 1.54) is 32.1 Å². The third-order valence-corrected chi connectivity index (χ3v) is 3.25. The van der Waals surface area contributed by atoms with Crippen LogP contribution in [0.5, 0.6) is 5.75 Å². The van der Waals surface area contributed by atoms with E-state index in [1.807, 2.05) is 24.3 Å². The third-order valence-electron chi connectivity index (χ3n) is 3.01. The number of amides is 1. The van der Waals surface area contributed by atoms with Gasteiger partial charge in [0.15, 0.2) is 0 Å². The van der Waals surface area contributed by atoms with Crippen LogP contribution >= 0.6 is 11.6 Å². The third kappa shape index (κ3) is 7.39. The van der Waals surface area contributed by atoms with E-state index < -0.39 is 0 Å². The molecular formula is C16H24ClNO2. The zero-order valence-electron chi connectivity index (χ0n) is 12.2. The van der Waals surface area contributed by atoms with Gasteiger partial charge in [0.25, 0.3) is 0 Å².